The van der Waals surface area contributed by atoms with Crippen LogP contribution in [0.15, 0.2) is 53.5 Å². The lowest BCUT2D eigenvalue weighted by atomic mass is 9.88. The van der Waals surface area contributed by atoms with Crippen LogP contribution in [0.2, 0.25) is 0 Å². The Kier molecular flexibility index (Phi) is 4.97. The van der Waals surface area contributed by atoms with Gasteiger partial charge in [0, 0.05) is 19.6 Å². The molecule has 2 atom stereocenters. The minimum Gasteiger partial charge on any atom is -0.456 e. The molecule has 2 aromatic rings. The van der Waals surface area contributed by atoms with E-state index in [1.54, 1.807) is 0 Å². The van der Waals surface area contributed by atoms with Gasteiger partial charge in [0.15, 0.2) is 11.8 Å². The van der Waals surface area contributed by atoms with Crippen molar-refractivity contribution in [3.63, 3.8) is 0 Å². The van der Waals surface area contributed by atoms with E-state index in [-0.39, 0.29) is 11.9 Å². The second kappa shape index (κ2) is 7.65. The molecule has 0 aliphatic carbocycles. The number of hydrogen-bond acceptors (Lipinski definition) is 4. The SMILES string of the molecule is CN1CCC(F)(C2CN=C(N3CCc4ccccc4[C@@H]3c3ccc(F)cc3)O2)CC1. The summed E-state index contributed by atoms with van der Waals surface area (Å²) >= 11 is 0. The lowest BCUT2D eigenvalue weighted by Gasteiger charge is -2.40. The van der Waals surface area contributed by atoms with Gasteiger partial charge >= 0.3 is 0 Å². The molecule has 0 bridgehead atoms. The number of likely N-dealkylation sites (tertiary alicyclic amines) is 1. The van der Waals surface area contributed by atoms with Crippen molar-refractivity contribution in [1.82, 2.24) is 9.80 Å². The molecule has 1 fully saturated rings. The molecule has 0 aromatic heterocycles. The van der Waals surface area contributed by atoms with Crippen molar-refractivity contribution in [3.05, 3.63) is 71.0 Å². The van der Waals surface area contributed by atoms with Crippen molar-refractivity contribution in [2.45, 2.75) is 37.1 Å². The number of halogens is 2. The van der Waals surface area contributed by atoms with Crippen LogP contribution < -0.4 is 0 Å². The van der Waals surface area contributed by atoms with E-state index in [9.17, 15) is 4.39 Å². The van der Waals surface area contributed by atoms with Crippen LogP contribution in [-0.4, -0.2) is 60.8 Å². The van der Waals surface area contributed by atoms with Gasteiger partial charge in [0.1, 0.15) is 5.82 Å². The summed E-state index contributed by atoms with van der Waals surface area (Å²) in [5.74, 6) is -0.259. The minimum atomic E-state index is -1.34. The van der Waals surface area contributed by atoms with Crippen LogP contribution in [0.1, 0.15) is 35.6 Å². The van der Waals surface area contributed by atoms with Gasteiger partial charge in [0.2, 0.25) is 0 Å². The van der Waals surface area contributed by atoms with Gasteiger partial charge in [-0.2, -0.15) is 0 Å². The van der Waals surface area contributed by atoms with Crippen LogP contribution in [0.25, 0.3) is 0 Å². The number of aliphatic imine (C=N–C) groups is 1. The smallest absolute Gasteiger partial charge is 0.288 e. The summed E-state index contributed by atoms with van der Waals surface area (Å²) in [6.45, 7) is 2.55. The van der Waals surface area contributed by atoms with Gasteiger partial charge in [-0.1, -0.05) is 36.4 Å². The van der Waals surface area contributed by atoms with E-state index in [0.29, 0.717) is 25.4 Å². The molecule has 3 aliphatic heterocycles. The van der Waals surface area contributed by atoms with Crippen LogP contribution >= 0.6 is 0 Å². The second-order valence-corrected chi connectivity index (χ2v) is 8.66. The maximum absolute atomic E-state index is 15.6. The number of amidine groups is 1. The summed E-state index contributed by atoms with van der Waals surface area (Å²) in [6, 6.07) is 15.3. The molecule has 3 aliphatic rings. The fourth-order valence-electron chi connectivity index (χ4n) is 4.88. The number of rotatable bonds is 2. The first-order valence-corrected chi connectivity index (χ1v) is 10.7. The topological polar surface area (TPSA) is 28.1 Å². The Balaban J connectivity index is 1.42. The summed E-state index contributed by atoms with van der Waals surface area (Å²) < 4.78 is 35.4. The van der Waals surface area contributed by atoms with Crippen LogP contribution in [-0.2, 0) is 11.2 Å². The number of nitrogens with zero attached hydrogens (tertiary/aromatic N) is 3. The highest BCUT2D eigenvalue weighted by Gasteiger charge is 2.47. The molecule has 0 radical (unpaired) electrons. The van der Waals surface area contributed by atoms with E-state index in [0.717, 1.165) is 31.6 Å². The molecule has 0 spiro atoms. The monoisotopic (exact) mass is 411 g/mol. The van der Waals surface area contributed by atoms with Crippen molar-refractivity contribution in [1.29, 1.82) is 0 Å². The summed E-state index contributed by atoms with van der Waals surface area (Å²) in [7, 11) is 2.02. The number of fused-ring (bicyclic) bond motifs is 1. The molecular weight excluding hydrogens is 384 g/mol. The van der Waals surface area contributed by atoms with Crippen LogP contribution in [0, 0.1) is 5.82 Å². The molecular formula is C24H27F2N3O. The highest BCUT2D eigenvalue weighted by Crippen LogP contribution is 2.39. The van der Waals surface area contributed by atoms with Crippen LogP contribution in [0.4, 0.5) is 8.78 Å². The Morgan fingerprint density at radius 2 is 1.77 bits per heavy atom. The summed E-state index contributed by atoms with van der Waals surface area (Å²) in [6.07, 6.45) is 1.28. The fourth-order valence-corrected chi connectivity index (χ4v) is 4.88. The first-order chi connectivity index (χ1) is 14.5. The zero-order valence-corrected chi connectivity index (χ0v) is 17.2. The Bertz CT molecular complexity index is 938. The second-order valence-electron chi connectivity index (χ2n) is 8.66. The van der Waals surface area contributed by atoms with Crippen molar-refractivity contribution in [2.75, 3.05) is 33.2 Å². The third kappa shape index (κ3) is 3.47. The predicted molar refractivity (Wildman–Crippen MR) is 113 cm³/mol. The molecule has 2 aromatic carbocycles. The number of benzene rings is 2. The molecule has 30 heavy (non-hydrogen) atoms. The van der Waals surface area contributed by atoms with Gasteiger partial charge in [-0.15, -0.1) is 0 Å². The fraction of sp³-hybridized carbons (Fsp3) is 0.458. The van der Waals surface area contributed by atoms with Gasteiger partial charge in [-0.05, 0) is 55.1 Å². The average molecular weight is 411 g/mol. The number of alkyl halides is 1. The molecule has 4 nitrogen and oxygen atoms in total. The maximum Gasteiger partial charge on any atom is 0.288 e. The number of piperidine rings is 1. The van der Waals surface area contributed by atoms with E-state index in [2.05, 4.69) is 26.9 Å². The van der Waals surface area contributed by atoms with Gasteiger partial charge in [0.05, 0.1) is 12.6 Å². The van der Waals surface area contributed by atoms with Crippen molar-refractivity contribution >= 4 is 6.02 Å². The molecule has 3 heterocycles. The maximum atomic E-state index is 15.6. The standard InChI is InChI=1S/C24H27F2N3O/c1-28-14-11-24(26,12-15-28)21-16-27-23(30-21)29-13-10-17-4-2-3-5-20(17)22(29)18-6-8-19(25)9-7-18/h2-9,21-22H,10-16H2,1H3/t21?,22-/m0/s1. The van der Waals surface area contributed by atoms with E-state index in [1.807, 2.05) is 31.3 Å². The van der Waals surface area contributed by atoms with Crippen molar-refractivity contribution in [2.24, 2.45) is 4.99 Å². The predicted octanol–water partition coefficient (Wildman–Crippen LogP) is 3.96. The average Bonchev–Trinajstić information content (AvgIpc) is 3.27. The zero-order chi connectivity index (χ0) is 20.7. The number of hydrogen-bond donors (Lipinski definition) is 0. The first-order valence-electron chi connectivity index (χ1n) is 10.7. The van der Waals surface area contributed by atoms with Gasteiger partial charge in [0.25, 0.3) is 6.02 Å². The molecule has 1 saturated heterocycles. The Hall–Kier alpha value is -2.47. The van der Waals surface area contributed by atoms with Gasteiger partial charge < -0.3 is 14.5 Å². The molecule has 6 heteroatoms. The summed E-state index contributed by atoms with van der Waals surface area (Å²) in [4.78, 5) is 8.91. The van der Waals surface area contributed by atoms with Crippen LogP contribution in [0.3, 0.4) is 0 Å². The number of ether oxygens (including phenoxy) is 1. The quantitative estimate of drug-likeness (QED) is 0.749. The van der Waals surface area contributed by atoms with E-state index in [1.165, 1.54) is 23.3 Å². The largest absolute Gasteiger partial charge is 0.456 e. The lowest BCUT2D eigenvalue weighted by molar-refractivity contribution is -0.0319. The third-order valence-corrected chi connectivity index (χ3v) is 6.75. The van der Waals surface area contributed by atoms with Gasteiger partial charge in [-0.3, -0.25) is 0 Å². The molecule has 5 rings (SSSR count). The molecule has 0 N–H and O–H groups in total. The normalized spacial score (nSPS) is 26.1. The van der Waals surface area contributed by atoms with E-state index in [4.69, 9.17) is 4.74 Å². The molecule has 1 unspecified atom stereocenters. The van der Waals surface area contributed by atoms with E-state index < -0.39 is 11.8 Å². The highest BCUT2D eigenvalue weighted by molar-refractivity contribution is 5.77. The molecule has 158 valence electrons. The summed E-state index contributed by atoms with van der Waals surface area (Å²) in [5.41, 5.74) is 2.08. The van der Waals surface area contributed by atoms with Crippen molar-refractivity contribution in [3.8, 4) is 0 Å². The lowest BCUT2D eigenvalue weighted by Crippen LogP contribution is -2.50. The van der Waals surface area contributed by atoms with Crippen LogP contribution in [0.5, 0.6) is 0 Å². The zero-order valence-electron chi connectivity index (χ0n) is 17.2. The third-order valence-electron chi connectivity index (χ3n) is 6.75. The van der Waals surface area contributed by atoms with Crippen molar-refractivity contribution < 1.29 is 13.5 Å². The Labute approximate surface area is 176 Å². The summed E-state index contributed by atoms with van der Waals surface area (Å²) in [5, 5.41) is 0. The molecule has 0 amide bonds. The highest BCUT2D eigenvalue weighted by atomic mass is 19.1. The first kappa shape index (κ1) is 19.5. The van der Waals surface area contributed by atoms with E-state index >= 15 is 4.39 Å². The Morgan fingerprint density at radius 1 is 1.03 bits per heavy atom. The molecule has 0 saturated carbocycles. The Morgan fingerprint density at radius 3 is 2.53 bits per heavy atom. The van der Waals surface area contributed by atoms with Gasteiger partial charge in [-0.25, -0.2) is 13.8 Å². The minimum absolute atomic E-state index is 0.124.